The molecule has 0 aliphatic rings. The number of amides is 1. The number of hydrogen-bond acceptors (Lipinski definition) is 2. The van der Waals surface area contributed by atoms with Crippen LogP contribution in [-0.4, -0.2) is 15.6 Å². The predicted octanol–water partition coefficient (Wildman–Crippen LogP) is 3.38. The number of phenolic OH excluding ortho intramolecular Hbond substituents is 1. The first-order valence-electron chi connectivity index (χ1n) is 7.68. The fourth-order valence-electron chi connectivity index (χ4n) is 2.85. The molecule has 3 rings (SSSR count). The van der Waals surface area contributed by atoms with Crippen LogP contribution in [0.3, 0.4) is 0 Å². The number of fused-ring (bicyclic) bond motifs is 1. The van der Waals surface area contributed by atoms with E-state index in [0.717, 1.165) is 11.1 Å². The van der Waals surface area contributed by atoms with Crippen LogP contribution in [0.4, 0.5) is 0 Å². The fraction of sp³-hybridized carbons (Fsp3) is 0.150. The van der Waals surface area contributed by atoms with E-state index in [1.165, 1.54) is 0 Å². The van der Waals surface area contributed by atoms with Crippen LogP contribution in [-0.2, 0) is 7.05 Å². The van der Waals surface area contributed by atoms with Crippen LogP contribution in [0.25, 0.3) is 10.9 Å². The van der Waals surface area contributed by atoms with Crippen molar-refractivity contribution in [1.29, 1.82) is 0 Å². The lowest BCUT2D eigenvalue weighted by Gasteiger charge is -2.17. The highest BCUT2D eigenvalue weighted by Crippen LogP contribution is 2.27. The number of phenols is 1. The van der Waals surface area contributed by atoms with Crippen LogP contribution in [0.2, 0.25) is 0 Å². The molecule has 0 spiro atoms. The van der Waals surface area contributed by atoms with Crippen LogP contribution in [0.5, 0.6) is 5.75 Å². The average Bonchev–Trinajstić information content (AvgIpc) is 2.94. The zero-order chi connectivity index (χ0) is 17.1. The van der Waals surface area contributed by atoms with Gasteiger partial charge in [-0.15, -0.1) is 12.3 Å². The van der Waals surface area contributed by atoms with E-state index in [2.05, 4.69) is 11.2 Å². The number of aryl methyl sites for hydroxylation is 1. The van der Waals surface area contributed by atoms with Crippen LogP contribution in [0, 0.1) is 12.3 Å². The largest absolute Gasteiger partial charge is 0.507 e. The van der Waals surface area contributed by atoms with Gasteiger partial charge in [0.25, 0.3) is 5.91 Å². The summed E-state index contributed by atoms with van der Waals surface area (Å²) in [4.78, 5) is 12.7. The third-order valence-corrected chi connectivity index (χ3v) is 4.13. The van der Waals surface area contributed by atoms with Gasteiger partial charge >= 0.3 is 0 Å². The summed E-state index contributed by atoms with van der Waals surface area (Å²) in [6.07, 6.45) is 5.86. The summed E-state index contributed by atoms with van der Waals surface area (Å²) >= 11 is 0. The number of hydrogen-bond donors (Lipinski definition) is 2. The smallest absolute Gasteiger partial charge is 0.268 e. The summed E-state index contributed by atoms with van der Waals surface area (Å²) in [5.41, 5.74) is 2.24. The van der Waals surface area contributed by atoms with Gasteiger partial charge in [-0.1, -0.05) is 36.4 Å². The summed E-state index contributed by atoms with van der Waals surface area (Å²) in [5.74, 6) is 2.54. The van der Waals surface area contributed by atoms with Crippen LogP contribution >= 0.6 is 0 Å². The van der Waals surface area contributed by atoms with Crippen LogP contribution < -0.4 is 5.32 Å². The lowest BCUT2D eigenvalue weighted by Crippen LogP contribution is -2.29. The van der Waals surface area contributed by atoms with Gasteiger partial charge in [0.1, 0.15) is 11.4 Å². The SMILES string of the molecule is C#CCC(NC(=O)c1cc2c(O)cccc2n1C)c1ccccc1. The Kier molecular flexibility index (Phi) is 4.26. The predicted molar refractivity (Wildman–Crippen MR) is 94.7 cm³/mol. The molecular formula is C20H18N2O2. The Balaban J connectivity index is 1.93. The number of rotatable bonds is 4. The minimum atomic E-state index is -0.254. The van der Waals surface area contributed by atoms with E-state index in [1.807, 2.05) is 36.4 Å². The van der Waals surface area contributed by atoms with Crippen molar-refractivity contribution in [3.8, 4) is 18.1 Å². The third-order valence-electron chi connectivity index (χ3n) is 4.13. The molecule has 4 nitrogen and oxygen atoms in total. The molecule has 24 heavy (non-hydrogen) atoms. The number of carbonyl (C=O) groups excluding carboxylic acids is 1. The van der Waals surface area contributed by atoms with Crippen molar-refractivity contribution in [3.05, 3.63) is 65.9 Å². The van der Waals surface area contributed by atoms with Crippen LogP contribution in [0.1, 0.15) is 28.5 Å². The molecule has 0 fully saturated rings. The minimum Gasteiger partial charge on any atom is -0.507 e. The zero-order valence-corrected chi connectivity index (χ0v) is 13.4. The highest BCUT2D eigenvalue weighted by atomic mass is 16.3. The highest BCUT2D eigenvalue weighted by Gasteiger charge is 2.19. The van der Waals surface area contributed by atoms with Crippen molar-refractivity contribution < 1.29 is 9.90 Å². The molecule has 1 aromatic heterocycles. The molecule has 1 amide bonds. The number of nitrogens with zero attached hydrogens (tertiary/aromatic N) is 1. The summed E-state index contributed by atoms with van der Waals surface area (Å²) in [5, 5.41) is 13.6. The fourth-order valence-corrected chi connectivity index (χ4v) is 2.85. The molecule has 4 heteroatoms. The van der Waals surface area contributed by atoms with Gasteiger partial charge in [-0.3, -0.25) is 4.79 Å². The van der Waals surface area contributed by atoms with Crippen molar-refractivity contribution >= 4 is 16.8 Å². The normalized spacial score (nSPS) is 11.8. The van der Waals surface area contributed by atoms with E-state index in [9.17, 15) is 9.90 Å². The number of nitrogens with one attached hydrogen (secondary N) is 1. The van der Waals surface area contributed by atoms with Gasteiger partial charge in [0.2, 0.25) is 0 Å². The number of benzene rings is 2. The van der Waals surface area contributed by atoms with Crippen molar-refractivity contribution in [2.45, 2.75) is 12.5 Å². The first-order chi connectivity index (χ1) is 11.6. The van der Waals surface area contributed by atoms with Gasteiger partial charge in [-0.25, -0.2) is 0 Å². The molecular weight excluding hydrogens is 300 g/mol. The van der Waals surface area contributed by atoms with E-state index in [0.29, 0.717) is 17.5 Å². The second kappa shape index (κ2) is 6.51. The Hall–Kier alpha value is -3.19. The first-order valence-corrected chi connectivity index (χ1v) is 7.68. The number of aromatic hydroxyl groups is 1. The molecule has 0 bridgehead atoms. The Morgan fingerprint density at radius 3 is 2.67 bits per heavy atom. The summed E-state index contributed by atoms with van der Waals surface area (Å²) in [6, 6.07) is 16.3. The summed E-state index contributed by atoms with van der Waals surface area (Å²) < 4.78 is 1.77. The van der Waals surface area contributed by atoms with Crippen LogP contribution in [0.15, 0.2) is 54.6 Å². The summed E-state index contributed by atoms with van der Waals surface area (Å²) in [6.45, 7) is 0. The number of aromatic nitrogens is 1. The van der Waals surface area contributed by atoms with Crippen molar-refractivity contribution in [1.82, 2.24) is 9.88 Å². The monoisotopic (exact) mass is 318 g/mol. The first kappa shape index (κ1) is 15.7. The van der Waals surface area contributed by atoms with Crippen molar-refractivity contribution in [3.63, 3.8) is 0 Å². The van der Waals surface area contributed by atoms with E-state index >= 15 is 0 Å². The lowest BCUT2D eigenvalue weighted by atomic mass is 10.0. The molecule has 0 saturated heterocycles. The van der Waals surface area contributed by atoms with Crippen molar-refractivity contribution in [2.24, 2.45) is 7.05 Å². The molecule has 0 aliphatic carbocycles. The van der Waals surface area contributed by atoms with Crippen molar-refractivity contribution in [2.75, 3.05) is 0 Å². The molecule has 1 heterocycles. The van der Waals surface area contributed by atoms with Gasteiger partial charge in [0.15, 0.2) is 0 Å². The molecule has 120 valence electrons. The quantitative estimate of drug-likeness (QED) is 0.725. The molecule has 0 saturated carbocycles. The maximum absolute atomic E-state index is 12.7. The lowest BCUT2D eigenvalue weighted by molar-refractivity contribution is 0.0929. The topological polar surface area (TPSA) is 54.3 Å². The molecule has 2 N–H and O–H groups in total. The van der Waals surface area contributed by atoms with E-state index < -0.39 is 0 Å². The van der Waals surface area contributed by atoms with E-state index in [-0.39, 0.29) is 17.7 Å². The van der Waals surface area contributed by atoms with Gasteiger partial charge < -0.3 is 15.0 Å². The molecule has 1 unspecified atom stereocenters. The standard InChI is InChI=1S/C20H18N2O2/c1-3-8-16(14-9-5-4-6-10-14)21-20(24)18-13-15-17(22(18)2)11-7-12-19(15)23/h1,4-7,9-13,16,23H,8H2,2H3,(H,21,24). The molecule has 0 aliphatic heterocycles. The number of carbonyl (C=O) groups is 1. The van der Waals surface area contributed by atoms with Gasteiger partial charge in [-0.2, -0.15) is 0 Å². The maximum Gasteiger partial charge on any atom is 0.268 e. The zero-order valence-electron chi connectivity index (χ0n) is 13.4. The van der Waals surface area contributed by atoms with E-state index in [4.69, 9.17) is 6.42 Å². The molecule has 0 radical (unpaired) electrons. The highest BCUT2D eigenvalue weighted by molar-refractivity contribution is 6.00. The number of terminal acetylenes is 1. The molecule has 1 atom stereocenters. The Bertz CT molecular complexity index is 920. The maximum atomic E-state index is 12.7. The Morgan fingerprint density at radius 1 is 1.25 bits per heavy atom. The average molecular weight is 318 g/mol. The molecule has 2 aromatic carbocycles. The van der Waals surface area contributed by atoms with Gasteiger partial charge in [0, 0.05) is 18.9 Å². The molecule has 3 aromatic rings. The van der Waals surface area contributed by atoms with Gasteiger partial charge in [-0.05, 0) is 23.8 Å². The minimum absolute atomic E-state index is 0.158. The Morgan fingerprint density at radius 2 is 2.00 bits per heavy atom. The third kappa shape index (κ3) is 2.84. The van der Waals surface area contributed by atoms with Gasteiger partial charge in [0.05, 0.1) is 11.6 Å². The second-order valence-corrected chi connectivity index (χ2v) is 5.64. The second-order valence-electron chi connectivity index (χ2n) is 5.64. The summed E-state index contributed by atoms with van der Waals surface area (Å²) in [7, 11) is 1.80. The Labute approximate surface area is 140 Å². The van der Waals surface area contributed by atoms with E-state index in [1.54, 1.807) is 29.8 Å².